The van der Waals surface area contributed by atoms with E-state index >= 15 is 0 Å². The molecule has 2 aromatic carbocycles. The van der Waals surface area contributed by atoms with Crippen LogP contribution in [0.5, 0.6) is 5.75 Å². The van der Waals surface area contributed by atoms with E-state index in [0.29, 0.717) is 23.4 Å². The van der Waals surface area contributed by atoms with E-state index in [4.69, 9.17) is 4.74 Å². The second kappa shape index (κ2) is 12.2. The summed E-state index contributed by atoms with van der Waals surface area (Å²) in [6, 6.07) is 13.3. The summed E-state index contributed by atoms with van der Waals surface area (Å²) in [6.45, 7) is -0.0867. The monoisotopic (exact) mass is 493 g/mol. The summed E-state index contributed by atoms with van der Waals surface area (Å²) in [5.41, 5.74) is 1.07. The first-order valence-electron chi connectivity index (χ1n) is 11.5. The molecule has 1 aliphatic carbocycles. The van der Waals surface area contributed by atoms with Gasteiger partial charge in [-0.3, -0.25) is 4.57 Å². The van der Waals surface area contributed by atoms with Crippen LogP contribution >= 0.6 is 0 Å². The average Bonchev–Trinajstić information content (AvgIpc) is 3.53. The van der Waals surface area contributed by atoms with Crippen LogP contribution in [0.3, 0.4) is 0 Å². The number of ether oxygens (including phenoxy) is 1. The van der Waals surface area contributed by atoms with Crippen LogP contribution in [0.4, 0.5) is 17.6 Å². The summed E-state index contributed by atoms with van der Waals surface area (Å²) >= 11 is 0. The Morgan fingerprint density at radius 2 is 1.91 bits per heavy atom. The first-order chi connectivity index (χ1) is 16.8. The molecule has 0 spiro atoms. The molecule has 0 bridgehead atoms. The molecule has 5 nitrogen and oxygen atoms in total. The summed E-state index contributed by atoms with van der Waals surface area (Å²) in [4.78, 5) is 3.45. The molecule has 3 aromatic rings. The van der Waals surface area contributed by atoms with Crippen molar-refractivity contribution in [3.05, 3.63) is 78.1 Å². The number of nitrogens with zero attached hydrogens (tertiary/aromatic N) is 2. The number of aliphatic hydroxyl groups is 1. The molecule has 0 unspecified atom stereocenters. The standard InChI is InChI=1S/C20H26F3N3O2.C6H5F/c1-24-15-4-3-13(10-15)9-14(12-27)17-11-16(5-6-18(17)28-2)26-8-7-25-19(26)20(21,22)23;7-6-4-2-1-3-5-6/h5-8,11,13-15,24,27H,3-4,9-10,12H2,1-2H3;1-5H/t13-,14+,15-;/m0./s1. The maximum absolute atomic E-state index is 13.2. The second-order valence-corrected chi connectivity index (χ2v) is 8.62. The highest BCUT2D eigenvalue weighted by Gasteiger charge is 2.36. The van der Waals surface area contributed by atoms with E-state index in [0.717, 1.165) is 42.0 Å². The lowest BCUT2D eigenvalue weighted by Gasteiger charge is -2.22. The minimum absolute atomic E-state index is 0.0867. The molecule has 190 valence electrons. The Morgan fingerprint density at radius 3 is 2.46 bits per heavy atom. The summed E-state index contributed by atoms with van der Waals surface area (Å²) in [5, 5.41) is 13.3. The number of nitrogens with one attached hydrogen (secondary N) is 1. The molecule has 2 N–H and O–H groups in total. The molecule has 9 heteroatoms. The lowest BCUT2D eigenvalue weighted by atomic mass is 9.87. The number of alkyl halides is 3. The largest absolute Gasteiger partial charge is 0.496 e. The zero-order valence-corrected chi connectivity index (χ0v) is 19.8. The molecule has 1 heterocycles. The van der Waals surface area contributed by atoms with Crippen molar-refractivity contribution >= 4 is 0 Å². The predicted molar refractivity (Wildman–Crippen MR) is 126 cm³/mol. The van der Waals surface area contributed by atoms with Gasteiger partial charge in [0, 0.05) is 35.6 Å². The molecule has 1 saturated carbocycles. The normalized spacial score (nSPS) is 18.6. The number of rotatable bonds is 7. The molecule has 0 aliphatic heterocycles. The van der Waals surface area contributed by atoms with Crippen molar-refractivity contribution in [3.63, 3.8) is 0 Å². The molecule has 1 fully saturated rings. The van der Waals surface area contributed by atoms with E-state index in [2.05, 4.69) is 10.3 Å². The molecular formula is C26H31F4N3O2. The van der Waals surface area contributed by atoms with Crippen LogP contribution in [0, 0.1) is 11.7 Å². The minimum Gasteiger partial charge on any atom is -0.496 e. The number of aromatic nitrogens is 2. The van der Waals surface area contributed by atoms with Crippen LogP contribution in [0.25, 0.3) is 5.69 Å². The van der Waals surface area contributed by atoms with E-state index in [9.17, 15) is 22.7 Å². The van der Waals surface area contributed by atoms with Gasteiger partial charge in [0.1, 0.15) is 11.6 Å². The average molecular weight is 494 g/mol. The fourth-order valence-corrected chi connectivity index (χ4v) is 4.58. The van der Waals surface area contributed by atoms with Gasteiger partial charge >= 0.3 is 6.18 Å². The van der Waals surface area contributed by atoms with E-state index in [1.54, 1.807) is 36.4 Å². The number of imidazole rings is 1. The maximum Gasteiger partial charge on any atom is 0.450 e. The zero-order chi connectivity index (χ0) is 25.4. The van der Waals surface area contributed by atoms with Crippen molar-refractivity contribution in [2.75, 3.05) is 20.8 Å². The third-order valence-corrected chi connectivity index (χ3v) is 6.35. The van der Waals surface area contributed by atoms with Gasteiger partial charge in [0.05, 0.1) is 13.7 Å². The highest BCUT2D eigenvalue weighted by atomic mass is 19.4. The molecular weight excluding hydrogens is 462 g/mol. The van der Waals surface area contributed by atoms with Crippen molar-refractivity contribution < 1.29 is 27.4 Å². The molecule has 0 amide bonds. The van der Waals surface area contributed by atoms with Crippen molar-refractivity contribution in [3.8, 4) is 11.4 Å². The van der Waals surface area contributed by atoms with Crippen LogP contribution in [-0.4, -0.2) is 41.5 Å². The van der Waals surface area contributed by atoms with E-state index < -0.39 is 12.0 Å². The quantitative estimate of drug-likeness (QED) is 0.422. The van der Waals surface area contributed by atoms with Gasteiger partial charge < -0.3 is 15.2 Å². The molecule has 0 radical (unpaired) electrons. The number of benzene rings is 2. The van der Waals surface area contributed by atoms with Crippen molar-refractivity contribution in [1.29, 1.82) is 0 Å². The van der Waals surface area contributed by atoms with E-state index in [1.165, 1.54) is 25.4 Å². The number of aliphatic hydroxyl groups excluding tert-OH is 1. The number of hydrogen-bond acceptors (Lipinski definition) is 4. The number of hydrogen-bond donors (Lipinski definition) is 2. The van der Waals surface area contributed by atoms with Crippen LogP contribution in [0.1, 0.15) is 43.0 Å². The smallest absolute Gasteiger partial charge is 0.450 e. The Hall–Kier alpha value is -2.91. The van der Waals surface area contributed by atoms with E-state index in [1.807, 2.05) is 7.05 Å². The summed E-state index contributed by atoms with van der Waals surface area (Å²) in [6.07, 6.45) is 1.85. The summed E-state index contributed by atoms with van der Waals surface area (Å²) in [5.74, 6) is -0.325. The first-order valence-corrected chi connectivity index (χ1v) is 11.5. The summed E-state index contributed by atoms with van der Waals surface area (Å²) < 4.78 is 58.0. The number of halogens is 4. The van der Waals surface area contributed by atoms with Gasteiger partial charge in [0.2, 0.25) is 5.82 Å². The van der Waals surface area contributed by atoms with Crippen molar-refractivity contribution in [2.45, 2.75) is 43.8 Å². The third kappa shape index (κ3) is 7.05. The van der Waals surface area contributed by atoms with Gasteiger partial charge in [0.15, 0.2) is 0 Å². The molecule has 35 heavy (non-hydrogen) atoms. The lowest BCUT2D eigenvalue weighted by molar-refractivity contribution is -0.145. The second-order valence-electron chi connectivity index (χ2n) is 8.62. The van der Waals surface area contributed by atoms with Crippen molar-refractivity contribution in [2.24, 2.45) is 5.92 Å². The number of methoxy groups -OCH3 is 1. The Labute approximate surface area is 202 Å². The molecule has 4 rings (SSSR count). The van der Waals surface area contributed by atoms with Crippen LogP contribution in [-0.2, 0) is 6.18 Å². The van der Waals surface area contributed by atoms with Gasteiger partial charge in [-0.25, -0.2) is 9.37 Å². The highest BCUT2D eigenvalue weighted by molar-refractivity contribution is 5.47. The van der Waals surface area contributed by atoms with Crippen molar-refractivity contribution in [1.82, 2.24) is 14.9 Å². The van der Waals surface area contributed by atoms with Gasteiger partial charge in [0.25, 0.3) is 0 Å². The minimum atomic E-state index is -4.55. The third-order valence-electron chi connectivity index (χ3n) is 6.35. The van der Waals surface area contributed by atoms with Gasteiger partial charge in [-0.05, 0) is 69.0 Å². The Morgan fingerprint density at radius 1 is 1.17 bits per heavy atom. The van der Waals surface area contributed by atoms with E-state index in [-0.39, 0.29) is 18.3 Å². The Bertz CT molecular complexity index is 1060. The Kier molecular flexibility index (Phi) is 9.28. The summed E-state index contributed by atoms with van der Waals surface area (Å²) in [7, 11) is 3.48. The van der Waals surface area contributed by atoms with Gasteiger partial charge in [-0.15, -0.1) is 0 Å². The fraction of sp³-hybridized carbons (Fsp3) is 0.423. The van der Waals surface area contributed by atoms with Gasteiger partial charge in [-0.1, -0.05) is 18.2 Å². The Balaban J connectivity index is 0.000000420. The highest BCUT2D eigenvalue weighted by Crippen LogP contribution is 2.38. The lowest BCUT2D eigenvalue weighted by Crippen LogP contribution is -2.21. The van der Waals surface area contributed by atoms with Crippen LogP contribution in [0.2, 0.25) is 0 Å². The van der Waals surface area contributed by atoms with Crippen LogP contribution in [0.15, 0.2) is 60.9 Å². The first kappa shape index (κ1) is 26.7. The molecule has 1 aromatic heterocycles. The SMILES string of the molecule is CN[C@H]1CC[C@@H](C[C@H](CO)c2cc(-n3ccnc3C(F)(F)F)ccc2OC)C1.Fc1ccccc1. The topological polar surface area (TPSA) is 59.3 Å². The fourth-order valence-electron chi connectivity index (χ4n) is 4.58. The van der Waals surface area contributed by atoms with Gasteiger partial charge in [-0.2, -0.15) is 13.2 Å². The molecule has 3 atom stereocenters. The maximum atomic E-state index is 13.2. The molecule has 1 aliphatic rings. The molecule has 0 saturated heterocycles. The zero-order valence-electron chi connectivity index (χ0n) is 19.8. The predicted octanol–water partition coefficient (Wildman–Crippen LogP) is 5.58. The van der Waals surface area contributed by atoms with Crippen LogP contribution < -0.4 is 10.1 Å².